The standard InChI is InChI=1S/C12H19F3N2O2S2/c1-3-5-16-7-10-11(9(2)8-20-10)21(18,19)17-6-4-12(13,14)15/h8,16-17H,3-7H2,1-2H3. The van der Waals surface area contributed by atoms with Gasteiger partial charge in [0.1, 0.15) is 4.90 Å². The first kappa shape index (κ1) is 18.4. The third-order valence-electron chi connectivity index (χ3n) is 2.67. The van der Waals surface area contributed by atoms with Crippen molar-refractivity contribution in [2.24, 2.45) is 0 Å². The van der Waals surface area contributed by atoms with Gasteiger partial charge >= 0.3 is 6.18 Å². The predicted octanol–water partition coefficient (Wildman–Crippen LogP) is 2.79. The summed E-state index contributed by atoms with van der Waals surface area (Å²) in [4.78, 5) is 0.707. The van der Waals surface area contributed by atoms with Crippen molar-refractivity contribution in [2.45, 2.75) is 44.3 Å². The van der Waals surface area contributed by atoms with E-state index in [-0.39, 0.29) is 4.90 Å². The topological polar surface area (TPSA) is 58.2 Å². The number of hydrogen-bond donors (Lipinski definition) is 2. The van der Waals surface area contributed by atoms with E-state index in [1.807, 2.05) is 11.6 Å². The molecule has 0 saturated heterocycles. The van der Waals surface area contributed by atoms with Crippen LogP contribution in [0.15, 0.2) is 10.3 Å². The third kappa shape index (κ3) is 5.93. The summed E-state index contributed by atoms with van der Waals surface area (Å²) < 4.78 is 62.6. The lowest BCUT2D eigenvalue weighted by Gasteiger charge is -2.11. The van der Waals surface area contributed by atoms with Gasteiger partial charge in [0.05, 0.1) is 6.42 Å². The molecule has 1 heterocycles. The summed E-state index contributed by atoms with van der Waals surface area (Å²) in [5.74, 6) is 0. The molecule has 1 aromatic rings. The number of alkyl halides is 3. The molecule has 0 spiro atoms. The summed E-state index contributed by atoms with van der Waals surface area (Å²) in [6, 6.07) is 0. The van der Waals surface area contributed by atoms with E-state index in [1.54, 1.807) is 12.3 Å². The van der Waals surface area contributed by atoms with Crippen molar-refractivity contribution < 1.29 is 21.6 Å². The Balaban J connectivity index is 2.80. The molecule has 0 aliphatic carbocycles. The second-order valence-electron chi connectivity index (χ2n) is 4.61. The van der Waals surface area contributed by atoms with E-state index in [1.165, 1.54) is 11.3 Å². The van der Waals surface area contributed by atoms with E-state index in [9.17, 15) is 21.6 Å². The molecule has 1 rings (SSSR count). The van der Waals surface area contributed by atoms with E-state index in [0.29, 0.717) is 17.0 Å². The number of thiophene rings is 1. The minimum atomic E-state index is -4.38. The zero-order chi connectivity index (χ0) is 16.1. The van der Waals surface area contributed by atoms with Gasteiger partial charge in [0, 0.05) is 18.0 Å². The van der Waals surface area contributed by atoms with Crippen molar-refractivity contribution in [1.29, 1.82) is 0 Å². The summed E-state index contributed by atoms with van der Waals surface area (Å²) in [5.41, 5.74) is 0.549. The van der Waals surface area contributed by atoms with E-state index < -0.39 is 29.2 Å². The van der Waals surface area contributed by atoms with Crippen LogP contribution in [0.25, 0.3) is 0 Å². The van der Waals surface area contributed by atoms with Crippen molar-refractivity contribution in [3.05, 3.63) is 15.8 Å². The Kier molecular flexibility index (Phi) is 6.64. The van der Waals surface area contributed by atoms with Gasteiger partial charge in [-0.1, -0.05) is 6.92 Å². The molecule has 0 fully saturated rings. The minimum absolute atomic E-state index is 0.0956. The average molecular weight is 344 g/mol. The van der Waals surface area contributed by atoms with Crippen LogP contribution in [0.3, 0.4) is 0 Å². The first-order valence-corrected chi connectivity index (χ1v) is 8.87. The number of nitrogens with one attached hydrogen (secondary N) is 2. The molecule has 0 aliphatic heterocycles. The summed E-state index contributed by atoms with van der Waals surface area (Å²) in [6.07, 6.45) is -4.65. The molecule has 0 amide bonds. The Morgan fingerprint density at radius 1 is 1.29 bits per heavy atom. The van der Waals surface area contributed by atoms with Gasteiger partial charge in [-0.3, -0.25) is 0 Å². The summed E-state index contributed by atoms with van der Waals surface area (Å²) in [7, 11) is -3.92. The minimum Gasteiger partial charge on any atom is -0.312 e. The molecule has 0 radical (unpaired) electrons. The molecule has 122 valence electrons. The van der Waals surface area contributed by atoms with Crippen LogP contribution < -0.4 is 10.0 Å². The van der Waals surface area contributed by atoms with Crippen LogP contribution in [-0.2, 0) is 16.6 Å². The second-order valence-corrected chi connectivity index (χ2v) is 7.28. The number of hydrogen-bond acceptors (Lipinski definition) is 4. The van der Waals surface area contributed by atoms with Gasteiger partial charge in [-0.2, -0.15) is 13.2 Å². The van der Waals surface area contributed by atoms with Crippen molar-refractivity contribution in [2.75, 3.05) is 13.1 Å². The normalized spacial score (nSPS) is 12.8. The van der Waals surface area contributed by atoms with Crippen LogP contribution in [0.2, 0.25) is 0 Å². The lowest BCUT2D eigenvalue weighted by Crippen LogP contribution is -2.29. The van der Waals surface area contributed by atoms with Gasteiger partial charge in [-0.25, -0.2) is 13.1 Å². The van der Waals surface area contributed by atoms with Crippen LogP contribution in [0.4, 0.5) is 13.2 Å². The lowest BCUT2D eigenvalue weighted by atomic mass is 10.3. The van der Waals surface area contributed by atoms with E-state index in [0.717, 1.165) is 13.0 Å². The lowest BCUT2D eigenvalue weighted by molar-refractivity contribution is -0.132. The van der Waals surface area contributed by atoms with E-state index in [2.05, 4.69) is 5.32 Å². The quantitative estimate of drug-likeness (QED) is 0.713. The number of aryl methyl sites for hydroxylation is 1. The predicted molar refractivity (Wildman–Crippen MR) is 76.9 cm³/mol. The molecule has 0 aromatic carbocycles. The maximum Gasteiger partial charge on any atom is 0.390 e. The number of rotatable bonds is 8. The van der Waals surface area contributed by atoms with Crippen molar-refractivity contribution in [3.8, 4) is 0 Å². The van der Waals surface area contributed by atoms with Gasteiger partial charge in [-0.15, -0.1) is 11.3 Å². The second kappa shape index (κ2) is 7.57. The van der Waals surface area contributed by atoms with E-state index in [4.69, 9.17) is 0 Å². The van der Waals surface area contributed by atoms with Crippen LogP contribution >= 0.6 is 11.3 Å². The summed E-state index contributed by atoms with van der Waals surface area (Å²) in [5, 5.41) is 4.79. The first-order valence-electron chi connectivity index (χ1n) is 6.51. The third-order valence-corrected chi connectivity index (χ3v) is 5.59. The van der Waals surface area contributed by atoms with Gasteiger partial charge in [0.25, 0.3) is 0 Å². The molecule has 0 unspecified atom stereocenters. The highest BCUT2D eigenvalue weighted by Crippen LogP contribution is 2.27. The largest absolute Gasteiger partial charge is 0.390 e. The van der Waals surface area contributed by atoms with Crippen molar-refractivity contribution >= 4 is 21.4 Å². The van der Waals surface area contributed by atoms with Gasteiger partial charge in [0.15, 0.2) is 0 Å². The molecule has 0 atom stereocenters. The monoisotopic (exact) mass is 344 g/mol. The average Bonchev–Trinajstić information content (AvgIpc) is 2.69. The highest BCUT2D eigenvalue weighted by atomic mass is 32.2. The van der Waals surface area contributed by atoms with Crippen LogP contribution in [0, 0.1) is 6.92 Å². The Morgan fingerprint density at radius 3 is 2.52 bits per heavy atom. The smallest absolute Gasteiger partial charge is 0.312 e. The Morgan fingerprint density at radius 2 is 1.95 bits per heavy atom. The molecule has 1 aromatic heterocycles. The van der Waals surface area contributed by atoms with Crippen LogP contribution in [0.1, 0.15) is 30.2 Å². The molecule has 21 heavy (non-hydrogen) atoms. The fourth-order valence-corrected chi connectivity index (χ4v) is 4.56. The van der Waals surface area contributed by atoms with Crippen molar-refractivity contribution in [1.82, 2.24) is 10.0 Å². The first-order chi connectivity index (χ1) is 9.67. The molecule has 0 saturated carbocycles. The highest BCUT2D eigenvalue weighted by molar-refractivity contribution is 7.89. The summed E-state index contributed by atoms with van der Waals surface area (Å²) >= 11 is 1.29. The fourth-order valence-electron chi connectivity index (χ4n) is 1.75. The molecule has 0 aliphatic rings. The highest BCUT2D eigenvalue weighted by Gasteiger charge is 2.29. The number of sulfonamides is 1. The van der Waals surface area contributed by atoms with Crippen LogP contribution in [-0.4, -0.2) is 27.7 Å². The zero-order valence-electron chi connectivity index (χ0n) is 11.9. The fraction of sp³-hybridized carbons (Fsp3) is 0.667. The maximum absolute atomic E-state index is 12.2. The Labute approximate surface area is 126 Å². The number of halogens is 3. The van der Waals surface area contributed by atoms with Gasteiger partial charge in [0.2, 0.25) is 10.0 Å². The SMILES string of the molecule is CCCNCc1scc(C)c1S(=O)(=O)NCCC(F)(F)F. The molecule has 9 heteroatoms. The maximum atomic E-state index is 12.2. The van der Waals surface area contributed by atoms with Crippen molar-refractivity contribution in [3.63, 3.8) is 0 Å². The van der Waals surface area contributed by atoms with E-state index >= 15 is 0 Å². The van der Waals surface area contributed by atoms with Crippen LogP contribution in [0.5, 0.6) is 0 Å². The van der Waals surface area contributed by atoms with Gasteiger partial charge < -0.3 is 5.32 Å². The molecule has 4 nitrogen and oxygen atoms in total. The Bertz CT molecular complexity index is 553. The zero-order valence-corrected chi connectivity index (χ0v) is 13.5. The van der Waals surface area contributed by atoms with Gasteiger partial charge in [-0.05, 0) is 30.8 Å². The molecule has 2 N–H and O–H groups in total. The summed E-state index contributed by atoms with van der Waals surface area (Å²) in [6.45, 7) is 4.11. The Hall–Kier alpha value is -0.640. The molecule has 0 bridgehead atoms. The molecular weight excluding hydrogens is 325 g/mol. The molecular formula is C12H19F3N2O2S2.